The van der Waals surface area contributed by atoms with E-state index < -0.39 is 16.3 Å². The van der Waals surface area contributed by atoms with E-state index in [-0.39, 0.29) is 5.69 Å². The van der Waals surface area contributed by atoms with Gasteiger partial charge in [-0.1, -0.05) is 4.98 Å². The van der Waals surface area contributed by atoms with E-state index in [0.717, 1.165) is 10.8 Å². The monoisotopic (exact) mass is 177 g/mol. The molecule has 1 aromatic heterocycles. The van der Waals surface area contributed by atoms with Crippen LogP contribution < -0.4 is 0 Å². The van der Waals surface area contributed by atoms with Gasteiger partial charge in [0.2, 0.25) is 0 Å². The van der Waals surface area contributed by atoms with Crippen molar-refractivity contribution < 1.29 is 10.0 Å². The minimum Gasteiger partial charge on any atom is -0.402 e. The first kappa shape index (κ1) is 9.79. The van der Waals surface area contributed by atoms with Crippen molar-refractivity contribution >= 4 is 21.6 Å². The summed E-state index contributed by atoms with van der Waals surface area (Å²) in [5.41, 5.74) is -0.0285. The number of nitrogens with zero attached hydrogens (tertiary/aromatic N) is 3. The smallest absolute Gasteiger partial charge is 0.402 e. The van der Waals surface area contributed by atoms with E-state index in [9.17, 15) is 10.1 Å². The van der Waals surface area contributed by atoms with Gasteiger partial charge in [-0.05, 0) is 4.92 Å². The number of aromatic nitrogens is 2. The average molecular weight is 177 g/mol. The number of hydrogen-bond donors (Lipinski definition) is 1. The Balaban J connectivity index is 3.22. The summed E-state index contributed by atoms with van der Waals surface area (Å²) in [5, 5.41) is 17.3. The van der Waals surface area contributed by atoms with Gasteiger partial charge in [-0.15, -0.1) is 0 Å². The largest absolute Gasteiger partial charge is 0.434 e. The van der Waals surface area contributed by atoms with Gasteiger partial charge in [0.25, 0.3) is 0 Å². The maximum Gasteiger partial charge on any atom is 0.434 e. The lowest BCUT2D eigenvalue weighted by molar-refractivity contribution is -0.396. The molecule has 6 nitrogen and oxygen atoms in total. The van der Waals surface area contributed by atoms with Crippen LogP contribution in [-0.4, -0.2) is 35.3 Å². The van der Waals surface area contributed by atoms with Gasteiger partial charge in [0.05, 0.1) is 7.05 Å². The van der Waals surface area contributed by atoms with Crippen molar-refractivity contribution in [3.63, 3.8) is 0 Å². The van der Waals surface area contributed by atoms with Gasteiger partial charge in [0.1, 0.15) is 27.6 Å². The second kappa shape index (κ2) is 2.88. The SMILES string of the molecule is [B]C([B])(O)c1cnc([N+](=O)[O-])n1C. The topological polar surface area (TPSA) is 81.2 Å². The van der Waals surface area contributed by atoms with E-state index in [1.807, 2.05) is 0 Å². The van der Waals surface area contributed by atoms with E-state index in [1.165, 1.54) is 7.05 Å². The molecule has 1 heterocycles. The quantitative estimate of drug-likeness (QED) is 0.348. The summed E-state index contributed by atoms with van der Waals surface area (Å²) in [6.07, 6.45) is 1.05. The maximum absolute atomic E-state index is 10.3. The van der Waals surface area contributed by atoms with Gasteiger partial charge >= 0.3 is 5.95 Å². The average Bonchev–Trinajstić information content (AvgIpc) is 2.28. The molecule has 8 heteroatoms. The van der Waals surface area contributed by atoms with Gasteiger partial charge in [0, 0.05) is 5.40 Å². The molecule has 0 fully saturated rings. The third kappa shape index (κ3) is 1.72. The van der Waals surface area contributed by atoms with E-state index in [0.29, 0.717) is 0 Å². The van der Waals surface area contributed by atoms with Crippen molar-refractivity contribution in [2.45, 2.75) is 5.40 Å². The Labute approximate surface area is 76.6 Å². The third-order valence-electron chi connectivity index (χ3n) is 1.54. The minimum absolute atomic E-state index is 0.0285. The van der Waals surface area contributed by atoms with Gasteiger partial charge in [0.15, 0.2) is 0 Å². The van der Waals surface area contributed by atoms with E-state index >= 15 is 0 Å². The van der Waals surface area contributed by atoms with Crippen LogP contribution >= 0.6 is 0 Å². The zero-order valence-corrected chi connectivity index (χ0v) is 6.84. The van der Waals surface area contributed by atoms with Crippen molar-refractivity contribution in [1.29, 1.82) is 0 Å². The molecule has 0 saturated heterocycles. The molecular formula is C5H5B2N3O3. The molecule has 0 amide bonds. The molecule has 1 aromatic rings. The molecular weight excluding hydrogens is 172 g/mol. The van der Waals surface area contributed by atoms with Crippen LogP contribution in [0.5, 0.6) is 0 Å². The van der Waals surface area contributed by atoms with Crippen molar-refractivity contribution in [2.75, 3.05) is 0 Å². The maximum atomic E-state index is 10.3. The van der Waals surface area contributed by atoms with Crippen LogP contribution in [0.2, 0.25) is 0 Å². The fraction of sp³-hybridized carbons (Fsp3) is 0.400. The van der Waals surface area contributed by atoms with Crippen LogP contribution in [-0.2, 0) is 12.4 Å². The van der Waals surface area contributed by atoms with E-state index in [4.69, 9.17) is 20.8 Å². The molecule has 0 saturated carbocycles. The fourth-order valence-corrected chi connectivity index (χ4v) is 0.941. The summed E-state index contributed by atoms with van der Waals surface area (Å²) in [6, 6.07) is 0. The van der Waals surface area contributed by atoms with E-state index in [1.54, 1.807) is 0 Å². The molecule has 1 rings (SSSR count). The molecule has 0 aromatic carbocycles. The molecule has 0 aliphatic rings. The van der Waals surface area contributed by atoms with Gasteiger partial charge in [-0.2, -0.15) is 0 Å². The Hall–Kier alpha value is -1.30. The number of hydrogen-bond acceptors (Lipinski definition) is 4. The number of rotatable bonds is 2. The zero-order chi connectivity index (χ0) is 10.2. The van der Waals surface area contributed by atoms with Crippen LogP contribution in [0.1, 0.15) is 5.69 Å². The Morgan fingerprint density at radius 3 is 2.54 bits per heavy atom. The molecule has 0 unspecified atom stereocenters. The summed E-state index contributed by atoms with van der Waals surface area (Å²) in [6.45, 7) is 0. The Morgan fingerprint density at radius 2 is 2.31 bits per heavy atom. The summed E-state index contributed by atoms with van der Waals surface area (Å²) >= 11 is 0. The highest BCUT2D eigenvalue weighted by atomic mass is 16.6. The van der Waals surface area contributed by atoms with Crippen LogP contribution in [0.4, 0.5) is 5.95 Å². The van der Waals surface area contributed by atoms with Crippen molar-refractivity contribution in [3.05, 3.63) is 22.0 Å². The number of nitro groups is 1. The molecule has 4 radical (unpaired) electrons. The highest BCUT2D eigenvalue weighted by Gasteiger charge is 2.27. The summed E-state index contributed by atoms with van der Waals surface area (Å²) in [7, 11) is 11.6. The molecule has 0 atom stereocenters. The fourth-order valence-electron chi connectivity index (χ4n) is 0.941. The lowest BCUT2D eigenvalue weighted by atomic mass is 9.63. The molecule has 1 N–H and O–H groups in total. The summed E-state index contributed by atoms with van der Waals surface area (Å²) in [4.78, 5) is 13.0. The normalized spacial score (nSPS) is 11.5. The van der Waals surface area contributed by atoms with Crippen molar-refractivity contribution in [1.82, 2.24) is 9.55 Å². The van der Waals surface area contributed by atoms with Crippen molar-refractivity contribution in [3.8, 4) is 0 Å². The van der Waals surface area contributed by atoms with Gasteiger partial charge < -0.3 is 15.2 Å². The number of imidazole rings is 1. The first-order chi connectivity index (χ1) is 5.84. The standard InChI is InChI=1S/C5H5B2N3O3/c1-9-3(5(6,7)11)2-8-4(9)10(12)13/h2,11H,1H3. The lowest BCUT2D eigenvalue weighted by Crippen LogP contribution is -2.28. The van der Waals surface area contributed by atoms with Gasteiger partial charge in [-0.25, -0.2) is 4.57 Å². The summed E-state index contributed by atoms with van der Waals surface area (Å²) in [5.74, 6) is -0.427. The van der Waals surface area contributed by atoms with Crippen molar-refractivity contribution in [2.24, 2.45) is 7.05 Å². The van der Waals surface area contributed by atoms with Crippen LogP contribution in [0.25, 0.3) is 0 Å². The van der Waals surface area contributed by atoms with E-state index in [2.05, 4.69) is 4.98 Å². The molecule has 0 aliphatic carbocycles. The summed E-state index contributed by atoms with van der Waals surface area (Å²) < 4.78 is 1.01. The van der Waals surface area contributed by atoms with Crippen LogP contribution in [0, 0.1) is 10.1 Å². The van der Waals surface area contributed by atoms with Gasteiger partial charge in [-0.3, -0.25) is 0 Å². The molecule has 0 spiro atoms. The van der Waals surface area contributed by atoms with Crippen LogP contribution in [0.3, 0.4) is 0 Å². The molecule has 0 aliphatic heterocycles. The minimum atomic E-state index is -2.12. The molecule has 64 valence electrons. The second-order valence-corrected chi connectivity index (χ2v) is 2.58. The number of aliphatic hydroxyl groups is 1. The predicted molar refractivity (Wildman–Crippen MR) is 45.3 cm³/mol. The third-order valence-corrected chi connectivity index (χ3v) is 1.54. The first-order valence-electron chi connectivity index (χ1n) is 3.30. The lowest BCUT2D eigenvalue weighted by Gasteiger charge is -2.15. The second-order valence-electron chi connectivity index (χ2n) is 2.58. The zero-order valence-electron chi connectivity index (χ0n) is 6.84. The Morgan fingerprint density at radius 1 is 1.77 bits per heavy atom. The highest BCUT2D eigenvalue weighted by Crippen LogP contribution is 2.17. The molecule has 0 bridgehead atoms. The highest BCUT2D eigenvalue weighted by molar-refractivity contribution is 6.38. The van der Waals surface area contributed by atoms with Crippen LogP contribution in [0.15, 0.2) is 6.20 Å². The molecule has 13 heavy (non-hydrogen) atoms. The Bertz CT molecular complexity index is 343. The predicted octanol–water partition coefficient (Wildman–Crippen LogP) is -1.23. The Kier molecular flexibility index (Phi) is 2.17. The first-order valence-corrected chi connectivity index (χ1v) is 3.30.